The lowest BCUT2D eigenvalue weighted by Crippen LogP contribution is -2.52. The van der Waals surface area contributed by atoms with Crippen molar-refractivity contribution < 1.29 is 22.7 Å². The molecule has 2 atom stereocenters. The van der Waals surface area contributed by atoms with Crippen molar-refractivity contribution in [2.45, 2.75) is 50.7 Å². The summed E-state index contributed by atoms with van der Waals surface area (Å²) in [5.74, 6) is -0.272. The Morgan fingerprint density at radius 2 is 1.56 bits per heavy atom. The highest BCUT2D eigenvalue weighted by Crippen LogP contribution is 2.26. The zero-order valence-corrected chi connectivity index (χ0v) is 24.9. The van der Waals surface area contributed by atoms with Crippen LogP contribution in [0.4, 0.5) is 5.69 Å². The molecule has 0 aliphatic heterocycles. The Bertz CT molecular complexity index is 1350. The van der Waals surface area contributed by atoms with E-state index in [4.69, 9.17) is 4.74 Å². The molecule has 0 radical (unpaired) electrons. The summed E-state index contributed by atoms with van der Waals surface area (Å²) >= 11 is 3.41. The molecular formula is C29H34BrN3O5S. The number of amides is 2. The average molecular weight is 617 g/mol. The van der Waals surface area contributed by atoms with Crippen molar-refractivity contribution in [1.29, 1.82) is 0 Å². The van der Waals surface area contributed by atoms with Gasteiger partial charge in [0.2, 0.25) is 11.8 Å². The maximum Gasteiger partial charge on any atom is 0.264 e. The van der Waals surface area contributed by atoms with Crippen LogP contribution >= 0.6 is 15.9 Å². The van der Waals surface area contributed by atoms with E-state index in [1.54, 1.807) is 49.4 Å². The average Bonchev–Trinajstić information content (AvgIpc) is 2.95. The normalized spacial score (nSPS) is 12.7. The van der Waals surface area contributed by atoms with Crippen molar-refractivity contribution >= 4 is 43.5 Å². The molecule has 1 N–H and O–H groups in total. The number of methoxy groups -OCH3 is 1. The monoisotopic (exact) mass is 615 g/mol. The number of nitrogens with zero attached hydrogens (tertiary/aromatic N) is 2. The lowest BCUT2D eigenvalue weighted by Gasteiger charge is -2.32. The number of carbonyl (C=O) groups is 2. The first-order valence-electron chi connectivity index (χ1n) is 12.6. The fourth-order valence-corrected chi connectivity index (χ4v) is 5.53. The van der Waals surface area contributed by atoms with Gasteiger partial charge < -0.3 is 15.0 Å². The Balaban J connectivity index is 2.01. The van der Waals surface area contributed by atoms with Crippen LogP contribution in [-0.4, -0.2) is 50.9 Å². The fourth-order valence-electron chi connectivity index (χ4n) is 3.83. The molecule has 0 saturated carbocycles. The Morgan fingerprint density at radius 3 is 2.13 bits per heavy atom. The van der Waals surface area contributed by atoms with Crippen molar-refractivity contribution in [1.82, 2.24) is 10.2 Å². The van der Waals surface area contributed by atoms with E-state index >= 15 is 0 Å². The summed E-state index contributed by atoms with van der Waals surface area (Å²) < 4.78 is 34.7. The van der Waals surface area contributed by atoms with Crippen molar-refractivity contribution in [3.8, 4) is 5.75 Å². The lowest BCUT2D eigenvalue weighted by atomic mass is 10.1. The van der Waals surface area contributed by atoms with Gasteiger partial charge in [-0.3, -0.25) is 13.9 Å². The molecule has 0 bridgehead atoms. The molecule has 0 aliphatic rings. The van der Waals surface area contributed by atoms with Gasteiger partial charge in [0, 0.05) is 17.1 Å². The molecule has 3 rings (SSSR count). The van der Waals surface area contributed by atoms with Gasteiger partial charge in [-0.05, 0) is 74.4 Å². The van der Waals surface area contributed by atoms with Crippen LogP contribution < -0.4 is 14.4 Å². The second kappa shape index (κ2) is 13.6. The number of hydrogen-bond acceptors (Lipinski definition) is 5. The zero-order valence-electron chi connectivity index (χ0n) is 22.5. The number of ether oxygens (including phenoxy) is 1. The summed E-state index contributed by atoms with van der Waals surface area (Å²) in [4.78, 5) is 28.5. The third-order valence-corrected chi connectivity index (χ3v) is 8.72. The first-order valence-corrected chi connectivity index (χ1v) is 14.9. The van der Waals surface area contributed by atoms with Gasteiger partial charge in [0.05, 0.1) is 17.7 Å². The lowest BCUT2D eigenvalue weighted by molar-refractivity contribution is -0.139. The Morgan fingerprint density at radius 1 is 0.949 bits per heavy atom. The van der Waals surface area contributed by atoms with Crippen molar-refractivity contribution in [3.05, 3.63) is 88.9 Å². The zero-order chi connectivity index (χ0) is 28.6. The van der Waals surface area contributed by atoms with Gasteiger partial charge in [-0.2, -0.15) is 0 Å². The van der Waals surface area contributed by atoms with Gasteiger partial charge in [0.1, 0.15) is 18.3 Å². The molecule has 0 aliphatic carbocycles. The van der Waals surface area contributed by atoms with Crippen molar-refractivity contribution in [2.75, 3.05) is 18.0 Å². The van der Waals surface area contributed by atoms with E-state index in [9.17, 15) is 18.0 Å². The Labute approximate surface area is 239 Å². The third kappa shape index (κ3) is 7.83. The molecule has 0 heterocycles. The van der Waals surface area contributed by atoms with E-state index in [0.29, 0.717) is 11.4 Å². The van der Waals surface area contributed by atoms with E-state index in [0.717, 1.165) is 20.8 Å². The number of rotatable bonds is 12. The van der Waals surface area contributed by atoms with E-state index < -0.39 is 28.5 Å². The largest absolute Gasteiger partial charge is 0.497 e. The minimum Gasteiger partial charge on any atom is -0.497 e. The van der Waals surface area contributed by atoms with E-state index in [-0.39, 0.29) is 23.4 Å². The molecule has 0 spiro atoms. The molecule has 10 heteroatoms. The molecule has 0 unspecified atom stereocenters. The first-order chi connectivity index (χ1) is 18.6. The molecule has 0 saturated heterocycles. The van der Waals surface area contributed by atoms with Gasteiger partial charge in [0.15, 0.2) is 0 Å². The van der Waals surface area contributed by atoms with Crippen LogP contribution in [0.15, 0.2) is 88.2 Å². The van der Waals surface area contributed by atoms with E-state index in [2.05, 4.69) is 21.2 Å². The van der Waals surface area contributed by atoms with Crippen LogP contribution in [0.1, 0.15) is 32.8 Å². The third-order valence-electron chi connectivity index (χ3n) is 6.40. The minimum absolute atomic E-state index is 0.0515. The maximum absolute atomic E-state index is 13.9. The number of carbonyl (C=O) groups excluding carboxylic acids is 2. The summed E-state index contributed by atoms with van der Waals surface area (Å²) in [7, 11) is -2.59. The standard InChI is InChI=1S/C29H34BrN3O5S/c1-5-21(2)31-29(35)22(3)32(19-23-11-13-24(30)14-12-23)28(34)20-33(25-15-17-26(38-4)18-16-25)39(36,37)27-9-7-6-8-10-27/h6-18,21-22H,5,19-20H2,1-4H3,(H,31,35)/t21-,22+/m1/s1. The maximum atomic E-state index is 13.9. The van der Waals surface area contributed by atoms with Gasteiger partial charge in [0.25, 0.3) is 10.0 Å². The number of sulfonamides is 1. The van der Waals surface area contributed by atoms with Gasteiger partial charge >= 0.3 is 0 Å². The quantitative estimate of drug-likeness (QED) is 0.310. The highest BCUT2D eigenvalue weighted by atomic mass is 79.9. The molecule has 208 valence electrons. The molecule has 39 heavy (non-hydrogen) atoms. The van der Waals surface area contributed by atoms with Gasteiger partial charge in [-0.1, -0.05) is 53.2 Å². The Kier molecular flexibility index (Phi) is 10.5. The highest BCUT2D eigenvalue weighted by Gasteiger charge is 2.32. The summed E-state index contributed by atoms with van der Waals surface area (Å²) in [5, 5.41) is 2.93. The predicted molar refractivity (Wildman–Crippen MR) is 156 cm³/mol. The van der Waals surface area contributed by atoms with Crippen LogP contribution in [0.3, 0.4) is 0 Å². The SMILES string of the molecule is CC[C@@H](C)NC(=O)[C@H](C)N(Cc1ccc(Br)cc1)C(=O)CN(c1ccc(OC)cc1)S(=O)(=O)c1ccccc1. The summed E-state index contributed by atoms with van der Waals surface area (Å²) in [5.41, 5.74) is 1.10. The van der Waals surface area contributed by atoms with Gasteiger partial charge in [-0.15, -0.1) is 0 Å². The Hall–Kier alpha value is -3.37. The van der Waals surface area contributed by atoms with Crippen molar-refractivity contribution in [2.24, 2.45) is 0 Å². The number of hydrogen-bond donors (Lipinski definition) is 1. The molecule has 0 aromatic heterocycles. The second-order valence-electron chi connectivity index (χ2n) is 9.16. The first kappa shape index (κ1) is 30.2. The summed E-state index contributed by atoms with van der Waals surface area (Å²) in [6.07, 6.45) is 0.736. The summed E-state index contributed by atoms with van der Waals surface area (Å²) in [6, 6.07) is 20.9. The fraction of sp³-hybridized carbons (Fsp3) is 0.310. The molecule has 0 fully saturated rings. The summed E-state index contributed by atoms with van der Waals surface area (Å²) in [6.45, 7) is 5.13. The van der Waals surface area contributed by atoms with Crippen LogP contribution in [0.25, 0.3) is 0 Å². The molecule has 2 amide bonds. The highest BCUT2D eigenvalue weighted by molar-refractivity contribution is 9.10. The minimum atomic E-state index is -4.11. The molecular weight excluding hydrogens is 582 g/mol. The molecule has 8 nitrogen and oxygen atoms in total. The number of halogens is 1. The topological polar surface area (TPSA) is 96.0 Å². The number of anilines is 1. The molecule has 3 aromatic rings. The number of nitrogens with one attached hydrogen (secondary N) is 1. The van der Waals surface area contributed by atoms with Crippen molar-refractivity contribution in [3.63, 3.8) is 0 Å². The van der Waals surface area contributed by atoms with Gasteiger partial charge in [-0.25, -0.2) is 8.42 Å². The van der Waals surface area contributed by atoms with Crippen LogP contribution in [0, 0.1) is 0 Å². The number of benzene rings is 3. The molecule has 3 aromatic carbocycles. The smallest absolute Gasteiger partial charge is 0.264 e. The van der Waals surface area contributed by atoms with Crippen LogP contribution in [0.5, 0.6) is 5.75 Å². The second-order valence-corrected chi connectivity index (χ2v) is 11.9. The van der Waals surface area contributed by atoms with E-state index in [1.165, 1.54) is 24.1 Å². The predicted octanol–water partition coefficient (Wildman–Crippen LogP) is 4.99. The van der Waals surface area contributed by atoms with E-state index in [1.807, 2.05) is 38.1 Å². The van der Waals surface area contributed by atoms with Crippen LogP contribution in [-0.2, 0) is 26.2 Å². The van der Waals surface area contributed by atoms with Crippen LogP contribution in [0.2, 0.25) is 0 Å².